The molecule has 5 nitrogen and oxygen atoms in total. The van der Waals surface area contributed by atoms with Crippen LogP contribution in [0.1, 0.15) is 22.9 Å². The monoisotopic (exact) mass is 641 g/mol. The first-order valence-electron chi connectivity index (χ1n) is 16.8. The first-order chi connectivity index (χ1) is 24.7. The lowest BCUT2D eigenvalue weighted by Gasteiger charge is -2.34. The van der Waals surface area contributed by atoms with Gasteiger partial charge in [-0.15, -0.1) is 0 Å². The summed E-state index contributed by atoms with van der Waals surface area (Å²) in [6.45, 7) is 0. The van der Waals surface area contributed by atoms with Gasteiger partial charge in [0, 0.05) is 50.5 Å². The fraction of sp³-hybridized carbons (Fsp3) is 0.0222. The van der Waals surface area contributed by atoms with Gasteiger partial charge >= 0.3 is 0 Å². The van der Waals surface area contributed by atoms with E-state index in [1.165, 1.54) is 10.5 Å². The number of quaternary nitrogens is 1. The molecular weight excluding hydrogens is 613 g/mol. The van der Waals surface area contributed by atoms with Crippen LogP contribution >= 0.6 is 0 Å². The molecule has 5 heteroatoms. The van der Waals surface area contributed by atoms with Crippen molar-refractivity contribution in [2.45, 2.75) is 6.17 Å². The Balaban J connectivity index is 1.10. The number of nitrogens with zero attached hydrogens (tertiary/aromatic N) is 3. The van der Waals surface area contributed by atoms with Crippen LogP contribution in [0.15, 0.2) is 173 Å². The van der Waals surface area contributed by atoms with E-state index in [0.29, 0.717) is 5.56 Å². The van der Waals surface area contributed by atoms with Crippen molar-refractivity contribution >= 4 is 55.3 Å². The minimum Gasteiger partial charge on any atom is -0.455 e. The minimum absolute atomic E-state index is 0.00970. The highest BCUT2D eigenvalue weighted by atomic mass is 16.3. The van der Waals surface area contributed by atoms with Gasteiger partial charge in [-0.1, -0.05) is 91.0 Å². The third-order valence-electron chi connectivity index (χ3n) is 10.00. The Kier molecular flexibility index (Phi) is 6.32. The topological polar surface area (TPSA) is 58.7 Å². The quantitative estimate of drug-likeness (QED) is 0.203. The number of fused-ring (bicyclic) bond motifs is 6. The van der Waals surface area contributed by atoms with E-state index >= 15 is 0 Å². The molecule has 1 aliphatic rings. The van der Waals surface area contributed by atoms with E-state index in [0.717, 1.165) is 77.6 Å². The highest BCUT2D eigenvalue weighted by Crippen LogP contribution is 2.39. The van der Waals surface area contributed by atoms with Gasteiger partial charge in [-0.05, 0) is 66.2 Å². The van der Waals surface area contributed by atoms with Crippen LogP contribution in [-0.4, -0.2) is 10.4 Å². The second-order valence-corrected chi connectivity index (χ2v) is 12.8. The van der Waals surface area contributed by atoms with Crippen molar-refractivity contribution in [2.75, 3.05) is 0 Å². The van der Waals surface area contributed by atoms with Gasteiger partial charge in [-0.2, -0.15) is 10.3 Å². The molecule has 3 heterocycles. The van der Waals surface area contributed by atoms with Crippen LogP contribution in [-0.2, 0) is 0 Å². The zero-order chi connectivity index (χ0) is 33.2. The lowest BCUT2D eigenvalue weighted by Crippen LogP contribution is -3.14. The number of benzene rings is 7. The standard InChI is InChI=1S/C45H28N4O/c46-28-29-18-24-40-38(26-29)39-27-32(35-15-9-16-37-36-14-7-8-17-42(36)50-43(35)37)19-25-41(39)48(40)33-20-22-34(23-21-33)49-44(30-10-3-1-4-11-30)47-45(49)31-12-5-2-6-13-31/h1-27,44H/p+1. The first kappa shape index (κ1) is 28.3. The molecule has 7 aromatic carbocycles. The van der Waals surface area contributed by atoms with Gasteiger partial charge in [0.2, 0.25) is 12.0 Å². The van der Waals surface area contributed by atoms with Crippen LogP contribution in [0.25, 0.3) is 60.6 Å². The Morgan fingerprint density at radius 1 is 0.600 bits per heavy atom. The summed E-state index contributed by atoms with van der Waals surface area (Å²) in [5.41, 5.74) is 11.2. The Hall–Kier alpha value is -6.74. The summed E-state index contributed by atoms with van der Waals surface area (Å²) in [7, 11) is 0. The lowest BCUT2D eigenvalue weighted by molar-refractivity contribution is -0.792. The van der Waals surface area contributed by atoms with E-state index in [4.69, 9.17) is 9.41 Å². The van der Waals surface area contributed by atoms with Crippen LogP contribution in [0.5, 0.6) is 0 Å². The van der Waals surface area contributed by atoms with Gasteiger partial charge < -0.3 is 8.98 Å². The first-order valence-corrected chi connectivity index (χ1v) is 16.8. The van der Waals surface area contributed by atoms with Crippen LogP contribution in [0.3, 0.4) is 0 Å². The van der Waals surface area contributed by atoms with Crippen molar-refractivity contribution in [3.63, 3.8) is 0 Å². The van der Waals surface area contributed by atoms with Gasteiger partial charge in [0.15, 0.2) is 0 Å². The lowest BCUT2D eigenvalue weighted by atomic mass is 10.00. The predicted octanol–water partition coefficient (Wildman–Crippen LogP) is 9.90. The van der Waals surface area contributed by atoms with Crippen molar-refractivity contribution in [3.8, 4) is 22.9 Å². The van der Waals surface area contributed by atoms with Crippen molar-refractivity contribution in [1.29, 1.82) is 5.26 Å². The summed E-state index contributed by atoms with van der Waals surface area (Å²) in [6.07, 6.45) is -0.00970. The molecule has 0 radical (unpaired) electrons. The summed E-state index contributed by atoms with van der Waals surface area (Å²) in [5, 5.41) is 14.2. The van der Waals surface area contributed by atoms with Gasteiger partial charge in [-0.25, -0.2) is 4.90 Å². The van der Waals surface area contributed by atoms with Crippen molar-refractivity contribution in [3.05, 3.63) is 180 Å². The number of aliphatic imine (C=N–C) groups is 1. The molecule has 9 aromatic rings. The maximum Gasteiger partial charge on any atom is 0.241 e. The molecule has 0 saturated heterocycles. The second-order valence-electron chi connectivity index (χ2n) is 12.8. The van der Waals surface area contributed by atoms with Crippen molar-refractivity contribution < 1.29 is 9.32 Å². The molecule has 1 aliphatic heterocycles. The van der Waals surface area contributed by atoms with E-state index in [-0.39, 0.29) is 6.17 Å². The number of amidine groups is 1. The van der Waals surface area contributed by atoms with Crippen LogP contribution < -0.4 is 4.90 Å². The number of nitriles is 1. The number of para-hydroxylation sites is 2. The third-order valence-corrected chi connectivity index (χ3v) is 10.00. The van der Waals surface area contributed by atoms with Crippen LogP contribution in [0, 0.1) is 11.3 Å². The zero-order valence-electron chi connectivity index (χ0n) is 26.9. The molecule has 0 bridgehead atoms. The molecule has 2 atom stereocenters. The van der Waals surface area contributed by atoms with E-state index in [1.54, 1.807) is 0 Å². The molecule has 0 aliphatic carbocycles. The third kappa shape index (κ3) is 4.33. The summed E-state index contributed by atoms with van der Waals surface area (Å²) < 4.78 is 8.70. The number of rotatable bonds is 5. The van der Waals surface area contributed by atoms with Crippen molar-refractivity contribution in [1.82, 2.24) is 4.57 Å². The Bertz CT molecular complexity index is 2820. The molecule has 10 rings (SSSR count). The molecule has 0 amide bonds. The van der Waals surface area contributed by atoms with Crippen LogP contribution in [0.2, 0.25) is 0 Å². The zero-order valence-corrected chi connectivity index (χ0v) is 26.9. The maximum atomic E-state index is 9.85. The molecule has 0 fully saturated rings. The molecule has 2 aromatic heterocycles. The van der Waals surface area contributed by atoms with Gasteiger partial charge in [0.25, 0.3) is 0 Å². The molecule has 0 saturated carbocycles. The number of nitrogens with one attached hydrogen (secondary N) is 1. The number of hydrogen-bond acceptors (Lipinski definition) is 3. The largest absolute Gasteiger partial charge is 0.455 e. The Morgan fingerprint density at radius 3 is 2.10 bits per heavy atom. The van der Waals surface area contributed by atoms with E-state index in [1.807, 2.05) is 42.5 Å². The molecule has 234 valence electrons. The molecule has 2 unspecified atom stereocenters. The molecule has 1 N–H and O–H groups in total. The SMILES string of the molecule is N#Cc1ccc2c(c1)c1cc(-c3cccc4c3oc3ccccc34)ccc1n2-c1ccc([NH+]2C(c3ccccc3)=NC2c2ccccc2)cc1. The fourth-order valence-electron chi connectivity index (χ4n) is 7.63. The maximum absolute atomic E-state index is 9.85. The average molecular weight is 642 g/mol. The second kappa shape index (κ2) is 11.2. The summed E-state index contributed by atoms with van der Waals surface area (Å²) >= 11 is 0. The summed E-state index contributed by atoms with van der Waals surface area (Å²) in [6, 6.07) is 59.2. The average Bonchev–Trinajstić information content (AvgIpc) is 3.71. The normalized spacial score (nSPS) is 15.7. The summed E-state index contributed by atoms with van der Waals surface area (Å²) in [4.78, 5) is 6.33. The Labute approximate surface area is 288 Å². The highest BCUT2D eigenvalue weighted by molar-refractivity contribution is 6.13. The summed E-state index contributed by atoms with van der Waals surface area (Å²) in [5.74, 6) is 1.04. The number of furan rings is 1. The fourth-order valence-corrected chi connectivity index (χ4v) is 7.63. The molecule has 50 heavy (non-hydrogen) atoms. The smallest absolute Gasteiger partial charge is 0.241 e. The number of hydrogen-bond donors (Lipinski definition) is 1. The molecular formula is C45H29N4O+. The minimum atomic E-state index is -0.00970. The number of aromatic nitrogens is 1. The highest BCUT2D eigenvalue weighted by Gasteiger charge is 2.40. The molecule has 0 spiro atoms. The van der Waals surface area contributed by atoms with Gasteiger partial charge in [0.05, 0.1) is 28.2 Å². The van der Waals surface area contributed by atoms with Gasteiger partial charge in [0.1, 0.15) is 16.9 Å². The van der Waals surface area contributed by atoms with E-state index in [2.05, 4.69) is 132 Å². The van der Waals surface area contributed by atoms with Crippen LogP contribution in [0.4, 0.5) is 5.69 Å². The Morgan fingerprint density at radius 2 is 1.30 bits per heavy atom. The predicted molar refractivity (Wildman–Crippen MR) is 201 cm³/mol. The van der Waals surface area contributed by atoms with E-state index < -0.39 is 0 Å². The van der Waals surface area contributed by atoms with Gasteiger partial charge in [-0.3, -0.25) is 0 Å². The van der Waals surface area contributed by atoms with Crippen molar-refractivity contribution in [2.24, 2.45) is 4.99 Å². The van der Waals surface area contributed by atoms with E-state index in [9.17, 15) is 5.26 Å².